The van der Waals surface area contributed by atoms with E-state index in [0.717, 1.165) is 29.4 Å². The number of carbonyl (C=O) groups is 1. The maximum Gasteiger partial charge on any atom is 0.317 e. The molecule has 1 aliphatic rings. The summed E-state index contributed by atoms with van der Waals surface area (Å²) in [7, 11) is 0. The number of likely N-dealkylation sites (tertiary alicyclic amines) is 1. The number of halogens is 1. The number of hydrogen-bond acceptors (Lipinski definition) is 2. The Bertz CT molecular complexity index is 422. The highest BCUT2D eigenvalue weighted by atomic mass is 79.9. The van der Waals surface area contributed by atoms with Gasteiger partial charge in [0, 0.05) is 30.7 Å². The molecule has 0 radical (unpaired) electrons. The number of carbonyl (C=O) groups excluding carboxylic acids is 1. The van der Waals surface area contributed by atoms with Crippen molar-refractivity contribution < 1.29 is 9.90 Å². The summed E-state index contributed by atoms with van der Waals surface area (Å²) < 4.78 is 1.03. The van der Waals surface area contributed by atoms with E-state index in [0.29, 0.717) is 13.1 Å². The lowest BCUT2D eigenvalue weighted by molar-refractivity contribution is 0.129. The van der Waals surface area contributed by atoms with E-state index >= 15 is 0 Å². The molecule has 1 fully saturated rings. The second-order valence-electron chi connectivity index (χ2n) is 4.92. The summed E-state index contributed by atoms with van der Waals surface area (Å²) in [6.45, 7) is 2.13. The molecule has 1 atom stereocenters. The van der Waals surface area contributed by atoms with Gasteiger partial charge >= 0.3 is 6.03 Å². The molecule has 5 heteroatoms. The van der Waals surface area contributed by atoms with Crippen LogP contribution in [0.2, 0.25) is 0 Å². The van der Waals surface area contributed by atoms with Crippen LogP contribution in [0.1, 0.15) is 18.4 Å². The second-order valence-corrected chi connectivity index (χ2v) is 5.84. The number of urea groups is 1. The topological polar surface area (TPSA) is 52.6 Å². The Hall–Kier alpha value is -1.07. The Kier molecular flexibility index (Phi) is 5.22. The molecule has 0 unspecified atom stereocenters. The van der Waals surface area contributed by atoms with Crippen molar-refractivity contribution in [3.8, 4) is 0 Å². The number of aliphatic hydroxyl groups is 1. The highest BCUT2D eigenvalue weighted by Gasteiger charge is 2.22. The van der Waals surface area contributed by atoms with Crippen LogP contribution in [-0.4, -0.2) is 35.7 Å². The molecule has 0 bridgehead atoms. The van der Waals surface area contributed by atoms with Crippen molar-refractivity contribution >= 4 is 22.0 Å². The van der Waals surface area contributed by atoms with E-state index in [1.807, 2.05) is 24.3 Å². The summed E-state index contributed by atoms with van der Waals surface area (Å²) in [6, 6.07) is 7.85. The van der Waals surface area contributed by atoms with Crippen molar-refractivity contribution in [2.75, 3.05) is 19.7 Å². The van der Waals surface area contributed by atoms with E-state index < -0.39 is 0 Å². The number of aliphatic hydroxyl groups excluding tert-OH is 1. The normalized spacial score (nSPS) is 19.3. The number of hydrogen-bond donors (Lipinski definition) is 2. The van der Waals surface area contributed by atoms with Crippen molar-refractivity contribution in [2.24, 2.45) is 5.92 Å². The summed E-state index contributed by atoms with van der Waals surface area (Å²) in [4.78, 5) is 13.8. The fourth-order valence-electron chi connectivity index (χ4n) is 2.29. The molecular weight excluding hydrogens is 308 g/mol. The zero-order chi connectivity index (χ0) is 13.7. The van der Waals surface area contributed by atoms with Gasteiger partial charge in [-0.3, -0.25) is 0 Å². The summed E-state index contributed by atoms with van der Waals surface area (Å²) in [5.41, 5.74) is 1.08. The van der Waals surface area contributed by atoms with Gasteiger partial charge in [0.2, 0.25) is 0 Å². The fraction of sp³-hybridized carbons (Fsp3) is 0.500. The third-order valence-corrected chi connectivity index (χ3v) is 3.95. The number of benzene rings is 1. The van der Waals surface area contributed by atoms with Gasteiger partial charge in [-0.1, -0.05) is 28.1 Å². The molecule has 1 aromatic carbocycles. The number of nitrogens with one attached hydrogen (secondary N) is 1. The molecule has 2 N–H and O–H groups in total. The number of rotatable bonds is 3. The lowest BCUT2D eigenvalue weighted by atomic mass is 9.99. The van der Waals surface area contributed by atoms with Crippen molar-refractivity contribution in [1.29, 1.82) is 0 Å². The SMILES string of the molecule is O=C(NCc1ccc(Br)cc1)N1CCC[C@@H](CO)C1. The van der Waals surface area contributed by atoms with Crippen LogP contribution in [0.3, 0.4) is 0 Å². The maximum absolute atomic E-state index is 12.0. The Balaban J connectivity index is 1.82. The van der Waals surface area contributed by atoms with Crippen LogP contribution in [0.15, 0.2) is 28.7 Å². The molecule has 1 heterocycles. The highest BCUT2D eigenvalue weighted by molar-refractivity contribution is 9.10. The molecule has 19 heavy (non-hydrogen) atoms. The first-order valence-corrected chi connectivity index (χ1v) is 7.36. The van der Waals surface area contributed by atoms with Crippen LogP contribution < -0.4 is 5.32 Å². The Morgan fingerprint density at radius 3 is 2.84 bits per heavy atom. The first-order chi connectivity index (χ1) is 9.19. The van der Waals surface area contributed by atoms with Gasteiger partial charge in [-0.2, -0.15) is 0 Å². The minimum atomic E-state index is -0.0407. The van der Waals surface area contributed by atoms with Crippen LogP contribution in [0, 0.1) is 5.92 Å². The van der Waals surface area contributed by atoms with Crippen LogP contribution in [0.5, 0.6) is 0 Å². The average molecular weight is 327 g/mol. The minimum absolute atomic E-state index is 0.0407. The first-order valence-electron chi connectivity index (χ1n) is 6.57. The molecular formula is C14H19BrN2O2. The molecule has 2 amide bonds. The largest absolute Gasteiger partial charge is 0.396 e. The number of nitrogens with zero attached hydrogens (tertiary/aromatic N) is 1. The number of piperidine rings is 1. The van der Waals surface area contributed by atoms with Crippen LogP contribution in [0.4, 0.5) is 4.79 Å². The predicted octanol–water partition coefficient (Wildman–Crippen LogP) is 2.36. The van der Waals surface area contributed by atoms with E-state index in [1.54, 1.807) is 4.90 Å². The molecule has 1 aromatic rings. The maximum atomic E-state index is 12.0. The van der Waals surface area contributed by atoms with E-state index in [9.17, 15) is 4.79 Å². The zero-order valence-electron chi connectivity index (χ0n) is 10.8. The second kappa shape index (κ2) is 6.91. The van der Waals surface area contributed by atoms with E-state index in [-0.39, 0.29) is 18.6 Å². The van der Waals surface area contributed by atoms with Crippen molar-refractivity contribution in [2.45, 2.75) is 19.4 Å². The molecule has 2 rings (SSSR count). The molecule has 4 nitrogen and oxygen atoms in total. The van der Waals surface area contributed by atoms with Crippen molar-refractivity contribution in [3.63, 3.8) is 0 Å². The standard InChI is InChI=1S/C14H19BrN2O2/c15-13-5-3-11(4-6-13)8-16-14(19)17-7-1-2-12(9-17)10-18/h3-6,12,18H,1-2,7-10H2,(H,16,19)/t12-/m1/s1. The van der Waals surface area contributed by atoms with Gasteiger partial charge in [-0.15, -0.1) is 0 Å². The Labute approximate surface area is 121 Å². The summed E-state index contributed by atoms with van der Waals surface area (Å²) in [5, 5.41) is 12.1. The minimum Gasteiger partial charge on any atom is -0.396 e. The Morgan fingerprint density at radius 1 is 1.42 bits per heavy atom. The molecule has 104 valence electrons. The quantitative estimate of drug-likeness (QED) is 0.895. The first kappa shape index (κ1) is 14.3. The summed E-state index contributed by atoms with van der Waals surface area (Å²) >= 11 is 3.38. The average Bonchev–Trinajstić information content (AvgIpc) is 2.46. The molecule has 1 saturated heterocycles. The molecule has 0 aliphatic carbocycles. The number of amides is 2. The Morgan fingerprint density at radius 2 is 2.16 bits per heavy atom. The van der Waals surface area contributed by atoms with E-state index in [2.05, 4.69) is 21.2 Å². The highest BCUT2D eigenvalue weighted by Crippen LogP contribution is 2.16. The zero-order valence-corrected chi connectivity index (χ0v) is 12.4. The predicted molar refractivity (Wildman–Crippen MR) is 77.8 cm³/mol. The summed E-state index contributed by atoms with van der Waals surface area (Å²) in [5.74, 6) is 0.229. The van der Waals surface area contributed by atoms with Gasteiger partial charge in [-0.25, -0.2) is 4.79 Å². The van der Waals surface area contributed by atoms with E-state index in [1.165, 1.54) is 0 Å². The fourth-order valence-corrected chi connectivity index (χ4v) is 2.55. The van der Waals surface area contributed by atoms with Gasteiger partial charge in [0.15, 0.2) is 0 Å². The monoisotopic (exact) mass is 326 g/mol. The van der Waals surface area contributed by atoms with Crippen molar-refractivity contribution in [3.05, 3.63) is 34.3 Å². The van der Waals surface area contributed by atoms with E-state index in [4.69, 9.17) is 5.11 Å². The van der Waals surface area contributed by atoms with Gasteiger partial charge in [0.1, 0.15) is 0 Å². The lowest BCUT2D eigenvalue weighted by Crippen LogP contribution is -2.45. The molecule has 1 aliphatic heterocycles. The molecule has 0 saturated carbocycles. The third kappa shape index (κ3) is 4.21. The molecule has 0 aromatic heterocycles. The third-order valence-electron chi connectivity index (χ3n) is 3.42. The lowest BCUT2D eigenvalue weighted by Gasteiger charge is -2.31. The van der Waals surface area contributed by atoms with Gasteiger partial charge in [0.25, 0.3) is 0 Å². The van der Waals surface area contributed by atoms with Crippen molar-refractivity contribution in [1.82, 2.24) is 10.2 Å². The van der Waals surface area contributed by atoms with Gasteiger partial charge in [0.05, 0.1) is 0 Å². The molecule has 0 spiro atoms. The van der Waals surface area contributed by atoms with Crippen LogP contribution in [-0.2, 0) is 6.54 Å². The van der Waals surface area contributed by atoms with Gasteiger partial charge < -0.3 is 15.3 Å². The smallest absolute Gasteiger partial charge is 0.317 e. The van der Waals surface area contributed by atoms with Gasteiger partial charge in [-0.05, 0) is 36.5 Å². The van der Waals surface area contributed by atoms with Crippen LogP contribution in [0.25, 0.3) is 0 Å². The van der Waals surface area contributed by atoms with Crippen LogP contribution >= 0.6 is 15.9 Å². The summed E-state index contributed by atoms with van der Waals surface area (Å²) in [6.07, 6.45) is 1.98.